The highest BCUT2D eigenvalue weighted by Crippen LogP contribution is 2.32. The number of piperidine rings is 1. The van der Waals surface area contributed by atoms with Crippen LogP contribution in [0.5, 0.6) is 0 Å². The molecule has 0 bridgehead atoms. The molecule has 3 heterocycles. The van der Waals surface area contributed by atoms with E-state index in [0.29, 0.717) is 34.8 Å². The van der Waals surface area contributed by atoms with Gasteiger partial charge in [-0.3, -0.25) is 9.71 Å². The third-order valence-electron chi connectivity index (χ3n) is 5.08. The quantitative estimate of drug-likeness (QED) is 0.532. The Hall–Kier alpha value is -2.92. The number of nitrogens with one attached hydrogen (secondary N) is 3. The summed E-state index contributed by atoms with van der Waals surface area (Å²) < 4.78 is 53.6. The third kappa shape index (κ3) is 5.05. The number of nitrogens with zero attached hydrogens (tertiary/aromatic N) is 3. The number of pyridine rings is 1. The number of benzene rings is 1. The molecule has 2 aromatic heterocycles. The molecule has 164 valence electrons. The topological polar surface area (TPSA) is 109 Å². The van der Waals surface area contributed by atoms with E-state index in [2.05, 4.69) is 30.3 Å². The molecule has 1 saturated heterocycles. The molecule has 3 aromatic rings. The average Bonchev–Trinajstić information content (AvgIpc) is 2.72. The average molecular weight is 448 g/mol. The van der Waals surface area contributed by atoms with E-state index in [9.17, 15) is 17.2 Å². The summed E-state index contributed by atoms with van der Waals surface area (Å²) in [6.07, 6.45) is 3.96. The van der Waals surface area contributed by atoms with Gasteiger partial charge in [-0.1, -0.05) is 12.1 Å². The summed E-state index contributed by atoms with van der Waals surface area (Å²) in [5, 5.41) is 6.05. The molecule has 11 heteroatoms. The highest BCUT2D eigenvalue weighted by Gasteiger charge is 2.41. The molecule has 1 aliphatic heterocycles. The Morgan fingerprint density at radius 2 is 1.94 bits per heavy atom. The van der Waals surface area contributed by atoms with Gasteiger partial charge in [0.05, 0.1) is 23.4 Å². The summed E-state index contributed by atoms with van der Waals surface area (Å²) in [4.78, 5) is 13.2. The van der Waals surface area contributed by atoms with Crippen molar-refractivity contribution in [3.05, 3.63) is 42.7 Å². The summed E-state index contributed by atoms with van der Waals surface area (Å²) in [7, 11) is -3.38. The standard InChI is InChI=1S/C20H22F2N6O2S/c1-31(29,30)28-15-4-2-13(3-5-15)16-10-17-18(25-9-8-24-17)19(27-16)26-12-14-11-23-7-6-20(14,21)22/h2-5,8-10,14,23,28H,6-7,11-12H2,1H3,(H,26,27)/t14-/m0/s1. The summed E-state index contributed by atoms with van der Waals surface area (Å²) in [5.41, 5.74) is 2.78. The van der Waals surface area contributed by atoms with Crippen LogP contribution in [0.15, 0.2) is 42.7 Å². The molecule has 4 rings (SSSR count). The van der Waals surface area contributed by atoms with Gasteiger partial charge in [-0.05, 0) is 18.2 Å². The zero-order valence-corrected chi connectivity index (χ0v) is 17.6. The van der Waals surface area contributed by atoms with Gasteiger partial charge >= 0.3 is 0 Å². The van der Waals surface area contributed by atoms with E-state index in [1.807, 2.05) is 0 Å². The first-order chi connectivity index (χ1) is 14.7. The fraction of sp³-hybridized carbons (Fsp3) is 0.350. The Labute approximate surface area is 178 Å². The van der Waals surface area contributed by atoms with Crippen molar-refractivity contribution in [3.8, 4) is 11.3 Å². The molecule has 0 aliphatic carbocycles. The van der Waals surface area contributed by atoms with Crippen LogP contribution < -0.4 is 15.4 Å². The van der Waals surface area contributed by atoms with Crippen LogP contribution >= 0.6 is 0 Å². The lowest BCUT2D eigenvalue weighted by molar-refractivity contribution is -0.0728. The van der Waals surface area contributed by atoms with Gasteiger partial charge in [0.1, 0.15) is 5.52 Å². The maximum Gasteiger partial charge on any atom is 0.255 e. The zero-order valence-electron chi connectivity index (χ0n) is 16.8. The summed E-state index contributed by atoms with van der Waals surface area (Å²) in [6, 6.07) is 8.45. The highest BCUT2D eigenvalue weighted by atomic mass is 32.2. The summed E-state index contributed by atoms with van der Waals surface area (Å²) in [5.74, 6) is -3.24. The second kappa shape index (κ2) is 8.31. The van der Waals surface area contributed by atoms with E-state index < -0.39 is 21.9 Å². The normalized spacial score (nSPS) is 18.6. The van der Waals surface area contributed by atoms with Crippen molar-refractivity contribution in [1.82, 2.24) is 20.3 Å². The SMILES string of the molecule is CS(=O)(=O)Nc1ccc(-c2cc3nccnc3c(NC[C@@H]3CNCCC3(F)F)n2)cc1. The van der Waals surface area contributed by atoms with E-state index in [0.717, 1.165) is 11.8 Å². The maximum atomic E-state index is 14.2. The van der Waals surface area contributed by atoms with Gasteiger partial charge in [0.25, 0.3) is 5.92 Å². The lowest BCUT2D eigenvalue weighted by Gasteiger charge is -2.32. The molecular formula is C20H22F2N6O2S. The molecule has 0 radical (unpaired) electrons. The first-order valence-electron chi connectivity index (χ1n) is 9.74. The number of alkyl halides is 2. The van der Waals surface area contributed by atoms with E-state index in [-0.39, 0.29) is 19.5 Å². The smallest absolute Gasteiger partial charge is 0.255 e. The molecule has 1 fully saturated rings. The molecule has 31 heavy (non-hydrogen) atoms. The number of aromatic nitrogens is 3. The predicted molar refractivity (Wildman–Crippen MR) is 116 cm³/mol. The van der Waals surface area contributed by atoms with Gasteiger partial charge < -0.3 is 10.6 Å². The largest absolute Gasteiger partial charge is 0.368 e. The van der Waals surface area contributed by atoms with Crippen molar-refractivity contribution in [3.63, 3.8) is 0 Å². The summed E-state index contributed by atoms with van der Waals surface area (Å²) in [6.45, 7) is 0.563. The first-order valence-corrected chi connectivity index (χ1v) is 11.6. The summed E-state index contributed by atoms with van der Waals surface area (Å²) >= 11 is 0. The van der Waals surface area contributed by atoms with E-state index in [1.54, 1.807) is 36.5 Å². The van der Waals surface area contributed by atoms with Crippen molar-refractivity contribution in [1.29, 1.82) is 0 Å². The molecule has 0 unspecified atom stereocenters. The number of anilines is 2. The molecule has 0 amide bonds. The van der Waals surface area contributed by atoms with Crippen molar-refractivity contribution in [2.75, 3.05) is 35.9 Å². The van der Waals surface area contributed by atoms with Crippen LogP contribution in [0.3, 0.4) is 0 Å². The molecule has 3 N–H and O–H groups in total. The predicted octanol–water partition coefficient (Wildman–Crippen LogP) is 2.72. The van der Waals surface area contributed by atoms with Crippen molar-refractivity contribution >= 4 is 32.6 Å². The van der Waals surface area contributed by atoms with Crippen molar-refractivity contribution < 1.29 is 17.2 Å². The number of hydrogen-bond donors (Lipinski definition) is 3. The molecule has 1 aromatic carbocycles. The molecule has 0 spiro atoms. The van der Waals surface area contributed by atoms with Crippen molar-refractivity contribution in [2.24, 2.45) is 5.92 Å². The zero-order chi connectivity index (χ0) is 22.1. The Bertz CT molecular complexity index is 1190. The minimum absolute atomic E-state index is 0.0410. The van der Waals surface area contributed by atoms with Gasteiger partial charge in [-0.2, -0.15) is 0 Å². The number of fused-ring (bicyclic) bond motifs is 1. The second-order valence-corrected chi connectivity index (χ2v) is 9.27. The number of hydrogen-bond acceptors (Lipinski definition) is 7. The Morgan fingerprint density at radius 3 is 2.65 bits per heavy atom. The van der Waals surface area contributed by atoms with Crippen LogP contribution in [0.1, 0.15) is 6.42 Å². The Kier molecular flexibility index (Phi) is 5.71. The van der Waals surface area contributed by atoms with Crippen molar-refractivity contribution in [2.45, 2.75) is 12.3 Å². The van der Waals surface area contributed by atoms with Crippen LogP contribution in [0.2, 0.25) is 0 Å². The maximum absolute atomic E-state index is 14.2. The third-order valence-corrected chi connectivity index (χ3v) is 5.69. The van der Waals surface area contributed by atoms with Gasteiger partial charge in [0, 0.05) is 49.7 Å². The minimum atomic E-state index is -3.38. The Morgan fingerprint density at radius 1 is 1.19 bits per heavy atom. The fourth-order valence-electron chi connectivity index (χ4n) is 3.49. The molecular weight excluding hydrogens is 426 g/mol. The molecule has 1 aliphatic rings. The molecule has 8 nitrogen and oxygen atoms in total. The lowest BCUT2D eigenvalue weighted by atomic mass is 9.95. The van der Waals surface area contributed by atoms with Crippen LogP contribution in [-0.4, -0.2) is 55.2 Å². The number of halogens is 2. The lowest BCUT2D eigenvalue weighted by Crippen LogP contribution is -2.47. The van der Waals surface area contributed by atoms with Gasteiger partial charge in [-0.15, -0.1) is 0 Å². The van der Waals surface area contributed by atoms with Crippen LogP contribution in [0.4, 0.5) is 20.3 Å². The van der Waals surface area contributed by atoms with Crippen LogP contribution in [0.25, 0.3) is 22.3 Å². The number of sulfonamides is 1. The van der Waals surface area contributed by atoms with E-state index >= 15 is 0 Å². The van der Waals surface area contributed by atoms with E-state index in [1.165, 1.54) is 6.20 Å². The molecule has 1 atom stereocenters. The number of rotatable bonds is 6. The minimum Gasteiger partial charge on any atom is -0.368 e. The van der Waals surface area contributed by atoms with E-state index in [4.69, 9.17) is 0 Å². The second-order valence-electron chi connectivity index (χ2n) is 7.52. The van der Waals surface area contributed by atoms with Gasteiger partial charge in [0.15, 0.2) is 5.82 Å². The monoisotopic (exact) mass is 448 g/mol. The Balaban J connectivity index is 1.63. The fourth-order valence-corrected chi connectivity index (χ4v) is 4.06. The molecule has 0 saturated carbocycles. The van der Waals surface area contributed by atoms with Gasteiger partial charge in [-0.25, -0.2) is 27.2 Å². The van der Waals surface area contributed by atoms with Crippen LogP contribution in [0, 0.1) is 5.92 Å². The highest BCUT2D eigenvalue weighted by molar-refractivity contribution is 7.92. The van der Waals surface area contributed by atoms with Gasteiger partial charge in [0.2, 0.25) is 10.0 Å². The first kappa shape index (κ1) is 21.3. The van der Waals surface area contributed by atoms with Crippen LogP contribution in [-0.2, 0) is 10.0 Å².